The summed E-state index contributed by atoms with van der Waals surface area (Å²) >= 11 is 0. The first-order valence-electron chi connectivity index (χ1n) is 11.6. The maximum Gasteiger partial charge on any atom is 2.00 e. The topological polar surface area (TPSA) is 8.82 Å². The quantitative estimate of drug-likeness (QED) is 0.149. The minimum absolute atomic E-state index is 0. The van der Waals surface area contributed by atoms with E-state index >= 15 is 0 Å². The van der Waals surface area contributed by atoms with Gasteiger partial charge < -0.3 is 8.80 Å². The summed E-state index contributed by atoms with van der Waals surface area (Å²) < 4.78 is 4.88. The molecule has 0 fully saturated rings. The number of benzene rings is 5. The van der Waals surface area contributed by atoms with E-state index in [2.05, 4.69) is 106 Å². The van der Waals surface area contributed by atoms with Crippen LogP contribution in [0.5, 0.6) is 0 Å². The van der Waals surface area contributed by atoms with Crippen LogP contribution in [0.2, 0.25) is 0 Å². The summed E-state index contributed by atoms with van der Waals surface area (Å²) in [6, 6.07) is 42.0. The Morgan fingerprint density at radius 3 is 2.11 bits per heavy atom. The minimum atomic E-state index is 0. The third-order valence-electron chi connectivity index (χ3n) is 7.58. The second-order valence-electron chi connectivity index (χ2n) is 9.20. The Hall–Kier alpha value is -3.18. The summed E-state index contributed by atoms with van der Waals surface area (Å²) in [4.78, 5) is 0. The molecule has 4 heteroatoms. The zero-order valence-corrected chi connectivity index (χ0v) is 24.8. The Morgan fingerprint density at radius 1 is 0.528 bits per heavy atom. The molecule has 9 aromatic rings. The van der Waals surface area contributed by atoms with Gasteiger partial charge in [0.05, 0.1) is 16.6 Å². The molecule has 5 aromatic carbocycles. The number of hydrogen-bond donors (Lipinski definition) is 0. The van der Waals surface area contributed by atoms with Gasteiger partial charge in [-0.05, 0) is 28.4 Å². The third-order valence-corrected chi connectivity index (χ3v) is 7.58. The number of nitrogens with zero attached hydrogens (tertiary/aromatic N) is 2. The standard InChI is InChI=1S/C32H16N2.2W/c1-2-8-19(9-3-1)28-18-20-10-6-12-23-24-16-17-27-29(32(24)34(28)30(20)23)25-14-7-13-22-21-11-4-5-15-26(21)33(27)31(22)25;;/h1-8,10-17H;;/q-2;;+2. The fraction of sp³-hybridized carbons (Fsp3) is 0. The Labute approximate surface area is 235 Å². The van der Waals surface area contributed by atoms with Crippen molar-refractivity contribution < 1.29 is 42.1 Å². The molecule has 166 valence electrons. The van der Waals surface area contributed by atoms with Crippen molar-refractivity contribution in [2.45, 2.75) is 0 Å². The van der Waals surface area contributed by atoms with E-state index in [-0.39, 0.29) is 42.1 Å². The first-order valence-corrected chi connectivity index (χ1v) is 11.6. The van der Waals surface area contributed by atoms with Crippen LogP contribution >= 0.6 is 0 Å². The average molecular weight is 796 g/mol. The molecule has 0 N–H and O–H groups in total. The molecule has 0 saturated heterocycles. The fourth-order valence-electron chi connectivity index (χ4n) is 6.30. The van der Waals surface area contributed by atoms with E-state index in [1.807, 2.05) is 12.1 Å². The molecule has 4 aromatic heterocycles. The van der Waals surface area contributed by atoms with E-state index in [1.54, 1.807) is 0 Å². The number of aromatic nitrogens is 2. The number of hydrogen-bond acceptors (Lipinski definition) is 0. The second kappa shape index (κ2) is 7.66. The van der Waals surface area contributed by atoms with E-state index < -0.39 is 0 Å². The monoisotopic (exact) mass is 796 g/mol. The predicted molar refractivity (Wildman–Crippen MR) is 141 cm³/mol. The van der Waals surface area contributed by atoms with Crippen molar-refractivity contribution >= 4 is 65.3 Å². The normalized spacial score (nSPS) is 12.0. The molecule has 0 aliphatic rings. The smallest absolute Gasteiger partial charge is 0.407 e. The molecule has 0 unspecified atom stereocenters. The van der Waals surface area contributed by atoms with Crippen LogP contribution in [0, 0.1) is 12.1 Å². The van der Waals surface area contributed by atoms with Crippen LogP contribution in [0.15, 0.2) is 97.1 Å². The predicted octanol–water partition coefficient (Wildman–Crippen LogP) is 8.10. The van der Waals surface area contributed by atoms with Gasteiger partial charge in [0, 0.05) is 48.1 Å². The molecule has 0 aliphatic heterocycles. The van der Waals surface area contributed by atoms with Gasteiger partial charge in [-0.3, -0.25) is 0 Å². The van der Waals surface area contributed by atoms with Crippen molar-refractivity contribution in [1.29, 1.82) is 0 Å². The van der Waals surface area contributed by atoms with Crippen molar-refractivity contribution in [2.75, 3.05) is 0 Å². The molecule has 0 saturated carbocycles. The van der Waals surface area contributed by atoms with Crippen molar-refractivity contribution in [3.8, 4) is 11.3 Å². The molecular formula is C32H16N2W2. The van der Waals surface area contributed by atoms with E-state index in [0.717, 1.165) is 16.6 Å². The van der Waals surface area contributed by atoms with E-state index in [9.17, 15) is 0 Å². The van der Waals surface area contributed by atoms with Crippen molar-refractivity contribution in [3.63, 3.8) is 0 Å². The maximum atomic E-state index is 3.70. The first kappa shape index (κ1) is 22.0. The largest absolute Gasteiger partial charge is 2.00 e. The molecule has 4 heterocycles. The van der Waals surface area contributed by atoms with Crippen LogP contribution in [-0.2, 0) is 42.1 Å². The first-order chi connectivity index (χ1) is 16.9. The van der Waals surface area contributed by atoms with Crippen molar-refractivity contribution in [1.82, 2.24) is 8.80 Å². The molecule has 0 spiro atoms. The van der Waals surface area contributed by atoms with Gasteiger partial charge in [0.1, 0.15) is 0 Å². The number of rotatable bonds is 1. The molecule has 9 rings (SSSR count). The van der Waals surface area contributed by atoms with Crippen molar-refractivity contribution in [2.24, 2.45) is 0 Å². The minimum Gasteiger partial charge on any atom is -0.407 e. The fourth-order valence-corrected chi connectivity index (χ4v) is 6.30. The number of para-hydroxylation sites is 3. The summed E-state index contributed by atoms with van der Waals surface area (Å²) in [6.07, 6.45) is 0. The van der Waals surface area contributed by atoms with Gasteiger partial charge in [0.15, 0.2) is 0 Å². The average Bonchev–Trinajstić information content (AvgIpc) is 3.63. The SMILES string of the molecule is [W+2].[W].[c-]1ccccc1-c1[c-]c2cccc3c4ccc5c(c6cccc7c8ccccc8n5c76)c4n1c23. The van der Waals surface area contributed by atoms with E-state index in [0.29, 0.717) is 0 Å². The van der Waals surface area contributed by atoms with Crippen LogP contribution in [0.4, 0.5) is 0 Å². The van der Waals surface area contributed by atoms with Crippen LogP contribution in [0.1, 0.15) is 0 Å². The summed E-state index contributed by atoms with van der Waals surface area (Å²) in [5.74, 6) is 0. The zero-order valence-electron chi connectivity index (χ0n) is 18.9. The van der Waals surface area contributed by atoms with Gasteiger partial charge in [-0.1, -0.05) is 48.5 Å². The van der Waals surface area contributed by atoms with Gasteiger partial charge >= 0.3 is 21.1 Å². The van der Waals surface area contributed by atoms with Crippen LogP contribution in [-0.4, -0.2) is 8.80 Å². The molecule has 0 radical (unpaired) electrons. The molecule has 0 atom stereocenters. The Bertz CT molecular complexity index is 2220. The molecular weight excluding hydrogens is 780 g/mol. The summed E-state index contributed by atoms with van der Waals surface area (Å²) in [7, 11) is 0. The third kappa shape index (κ3) is 2.49. The maximum absolute atomic E-state index is 3.70. The molecule has 0 amide bonds. The van der Waals surface area contributed by atoms with E-state index in [1.165, 1.54) is 59.9 Å². The zero-order chi connectivity index (χ0) is 22.0. The van der Waals surface area contributed by atoms with Crippen molar-refractivity contribution in [3.05, 3.63) is 109 Å². The van der Waals surface area contributed by atoms with Gasteiger partial charge in [-0.15, -0.1) is 29.3 Å². The molecule has 2 nitrogen and oxygen atoms in total. The van der Waals surface area contributed by atoms with Gasteiger partial charge in [-0.25, -0.2) is 5.56 Å². The molecule has 0 bridgehead atoms. The Morgan fingerprint density at radius 2 is 1.25 bits per heavy atom. The van der Waals surface area contributed by atoms with Crippen LogP contribution in [0.3, 0.4) is 0 Å². The van der Waals surface area contributed by atoms with E-state index in [4.69, 9.17) is 0 Å². The van der Waals surface area contributed by atoms with Gasteiger partial charge in [0.25, 0.3) is 0 Å². The Kier molecular flexibility index (Phi) is 4.69. The Balaban J connectivity index is 0.00000110. The van der Waals surface area contributed by atoms with Crippen LogP contribution < -0.4 is 0 Å². The second-order valence-corrected chi connectivity index (χ2v) is 9.20. The summed E-state index contributed by atoms with van der Waals surface area (Å²) in [5.41, 5.74) is 8.47. The molecule has 36 heavy (non-hydrogen) atoms. The van der Waals surface area contributed by atoms with Gasteiger partial charge in [0.2, 0.25) is 0 Å². The summed E-state index contributed by atoms with van der Waals surface area (Å²) in [6.45, 7) is 0. The van der Waals surface area contributed by atoms with Gasteiger partial charge in [-0.2, -0.15) is 30.3 Å². The van der Waals surface area contributed by atoms with Crippen LogP contribution in [0.25, 0.3) is 76.5 Å². The summed E-state index contributed by atoms with van der Waals surface area (Å²) in [5, 5.41) is 8.96. The molecule has 0 aliphatic carbocycles. The number of fused-ring (bicyclic) bond motifs is 10.